The third-order valence-electron chi connectivity index (χ3n) is 6.07. The summed E-state index contributed by atoms with van der Waals surface area (Å²) in [4.78, 5) is 0. The first-order valence-corrected chi connectivity index (χ1v) is 13.0. The Balaban J connectivity index is 0.000000560. The molecule has 0 saturated heterocycles. The first kappa shape index (κ1) is 33.1. The maximum absolute atomic E-state index is 3.35. The number of rotatable bonds is 1. The summed E-state index contributed by atoms with van der Waals surface area (Å²) < 4.78 is 1.51. The number of hydrogen-bond donors (Lipinski definition) is 0. The van der Waals surface area contributed by atoms with E-state index in [1.807, 2.05) is 0 Å². The third kappa shape index (κ3) is 8.97. The van der Waals surface area contributed by atoms with Gasteiger partial charge in [-0.3, -0.25) is 6.08 Å². The number of fused-ring (bicyclic) bond motifs is 3. The van der Waals surface area contributed by atoms with Gasteiger partial charge in [-0.05, 0) is 27.7 Å². The van der Waals surface area contributed by atoms with E-state index < -0.39 is 0 Å². The van der Waals surface area contributed by atoms with Crippen LogP contribution in [0.2, 0.25) is 0 Å². The normalized spacial score (nSPS) is 14.4. The number of benzene rings is 2. The van der Waals surface area contributed by atoms with Crippen LogP contribution in [0.5, 0.6) is 0 Å². The molecule has 0 nitrogen and oxygen atoms in total. The van der Waals surface area contributed by atoms with E-state index in [0.717, 1.165) is 0 Å². The van der Waals surface area contributed by atoms with Crippen molar-refractivity contribution in [1.29, 1.82) is 0 Å². The average molecular weight is 575 g/mol. The summed E-state index contributed by atoms with van der Waals surface area (Å²) >= 11 is 1.55. The number of halogens is 2. The van der Waals surface area contributed by atoms with Crippen molar-refractivity contribution < 1.29 is 49.0 Å². The van der Waals surface area contributed by atoms with Gasteiger partial charge < -0.3 is 24.8 Å². The monoisotopic (exact) mass is 572 g/mol. The van der Waals surface area contributed by atoms with Crippen molar-refractivity contribution in [3.63, 3.8) is 0 Å². The predicted molar refractivity (Wildman–Crippen MR) is 141 cm³/mol. The van der Waals surface area contributed by atoms with Crippen LogP contribution in [0.4, 0.5) is 0 Å². The summed E-state index contributed by atoms with van der Waals surface area (Å²) in [6.45, 7) is 21.9. The van der Waals surface area contributed by atoms with E-state index in [1.54, 1.807) is 24.2 Å². The summed E-state index contributed by atoms with van der Waals surface area (Å²) in [5.74, 6) is 0.573. The van der Waals surface area contributed by atoms with Crippen LogP contribution in [-0.2, 0) is 24.2 Å². The van der Waals surface area contributed by atoms with E-state index in [0.29, 0.717) is 11.3 Å². The van der Waals surface area contributed by atoms with Gasteiger partial charge in [-0.1, -0.05) is 79.8 Å². The van der Waals surface area contributed by atoms with Gasteiger partial charge in [-0.15, -0.1) is 39.7 Å². The van der Waals surface area contributed by atoms with Crippen LogP contribution in [0, 0.1) is 45.1 Å². The molecular weight excluding hydrogens is 534 g/mol. The Bertz CT molecular complexity index is 1100. The molecule has 0 fully saturated rings. The van der Waals surface area contributed by atoms with Crippen molar-refractivity contribution in [1.82, 2.24) is 0 Å². The third-order valence-corrected chi connectivity index (χ3v) is 6.07. The molecular formula is C31H40Cl2Zr-2. The molecule has 0 heterocycles. The van der Waals surface area contributed by atoms with E-state index >= 15 is 0 Å². The van der Waals surface area contributed by atoms with Gasteiger partial charge in [0.25, 0.3) is 0 Å². The first-order chi connectivity index (χ1) is 14.8. The Labute approximate surface area is 235 Å². The van der Waals surface area contributed by atoms with Crippen molar-refractivity contribution in [2.24, 2.45) is 11.3 Å². The summed E-state index contributed by atoms with van der Waals surface area (Å²) in [5.41, 5.74) is 7.25. The zero-order chi connectivity index (χ0) is 24.2. The van der Waals surface area contributed by atoms with Gasteiger partial charge in [0.15, 0.2) is 0 Å². The number of allylic oxidation sites excluding steroid dienone is 4. The van der Waals surface area contributed by atoms with Crippen LogP contribution in [-0.4, -0.2) is 3.21 Å². The van der Waals surface area contributed by atoms with Crippen LogP contribution in [0.3, 0.4) is 0 Å². The molecule has 0 aliphatic heterocycles. The van der Waals surface area contributed by atoms with Crippen LogP contribution in [0.25, 0.3) is 21.5 Å². The van der Waals surface area contributed by atoms with Crippen molar-refractivity contribution in [3.8, 4) is 0 Å². The number of aryl methyl sites for hydroxylation is 4. The van der Waals surface area contributed by atoms with Gasteiger partial charge in [-0.25, -0.2) is 6.08 Å². The molecule has 0 radical (unpaired) electrons. The van der Waals surface area contributed by atoms with E-state index in [-0.39, 0.29) is 24.8 Å². The van der Waals surface area contributed by atoms with E-state index in [4.69, 9.17) is 0 Å². The van der Waals surface area contributed by atoms with E-state index in [2.05, 4.69) is 118 Å². The Kier molecular flexibility index (Phi) is 13.7. The van der Waals surface area contributed by atoms with Gasteiger partial charge in [-0.2, -0.15) is 11.6 Å². The van der Waals surface area contributed by atoms with Crippen LogP contribution >= 0.6 is 0 Å². The molecule has 3 aromatic rings. The second-order valence-electron chi connectivity index (χ2n) is 10.4. The van der Waals surface area contributed by atoms with Gasteiger partial charge in [0, 0.05) is 0 Å². The topological polar surface area (TPSA) is 0 Å². The molecule has 1 unspecified atom stereocenters. The number of hydrogen-bond acceptors (Lipinski definition) is 0. The molecule has 34 heavy (non-hydrogen) atoms. The van der Waals surface area contributed by atoms with Gasteiger partial charge in [0.05, 0.1) is 0 Å². The second kappa shape index (κ2) is 14.0. The zero-order valence-corrected chi connectivity index (χ0v) is 26.6. The van der Waals surface area contributed by atoms with Crippen molar-refractivity contribution in [2.45, 2.75) is 75.7 Å². The molecule has 3 aromatic carbocycles. The molecule has 0 bridgehead atoms. The molecule has 1 aliphatic carbocycles. The minimum absolute atomic E-state index is 0. The van der Waals surface area contributed by atoms with Crippen molar-refractivity contribution >= 4 is 24.8 Å². The van der Waals surface area contributed by atoms with Crippen LogP contribution < -0.4 is 24.8 Å². The Morgan fingerprint density at radius 2 is 1.24 bits per heavy atom. The molecule has 0 amide bonds. The SMILES string of the molecule is CCC1[C-]=CC(C(C)(C)C)=C1.C[C](C)=[Zr+2].Cc1cc2[cH-]c3cc(C)c(C)cc3c2cc1C.[Cl-].[Cl-]. The molecule has 3 heteroatoms. The predicted octanol–water partition coefficient (Wildman–Crippen LogP) is 3.06. The molecule has 0 saturated carbocycles. The molecule has 1 atom stereocenters. The van der Waals surface area contributed by atoms with Crippen molar-refractivity contribution in [3.05, 3.63) is 76.4 Å². The Morgan fingerprint density at radius 3 is 1.53 bits per heavy atom. The summed E-state index contributed by atoms with van der Waals surface area (Å²) in [6, 6.07) is 11.6. The molecule has 0 N–H and O–H groups in total. The molecule has 1 aliphatic rings. The zero-order valence-electron chi connectivity index (χ0n) is 22.6. The summed E-state index contributed by atoms with van der Waals surface area (Å²) in [5, 5.41) is 5.53. The molecule has 0 spiro atoms. The van der Waals surface area contributed by atoms with Gasteiger partial charge >= 0.3 is 41.3 Å². The van der Waals surface area contributed by atoms with E-state index in [1.165, 1.54) is 59.0 Å². The van der Waals surface area contributed by atoms with Gasteiger partial charge in [0.1, 0.15) is 0 Å². The molecule has 0 aromatic heterocycles. The molecule has 184 valence electrons. The first-order valence-electron chi connectivity index (χ1n) is 11.7. The van der Waals surface area contributed by atoms with Crippen molar-refractivity contribution in [2.75, 3.05) is 0 Å². The Morgan fingerprint density at radius 1 is 0.853 bits per heavy atom. The standard InChI is InChI=1S/C17H17.C11H17.C3H6.2ClH.Zr/c1-10-5-14-9-15-6-11(2)13(4)8-17(15)16(14)7-12(10)3;1-5-9-6-7-10(8-9)11(2,3)4;1-3-2;;;/h5-9H,1-4H3;7-9H,5H2,1-4H3;1-2H3;2*1H;/q2*-1;;;;+2/p-2. The minimum Gasteiger partial charge on any atom is -1.00 e. The van der Waals surface area contributed by atoms with E-state index in [9.17, 15) is 0 Å². The molecule has 4 rings (SSSR count). The quantitative estimate of drug-likeness (QED) is 0.392. The summed E-state index contributed by atoms with van der Waals surface area (Å²) in [6.07, 6.45) is 9.00. The fourth-order valence-corrected chi connectivity index (χ4v) is 3.76. The second-order valence-corrected chi connectivity index (χ2v) is 12.8. The fraction of sp³-hybridized carbons (Fsp3) is 0.419. The average Bonchev–Trinajstić information content (AvgIpc) is 3.28. The minimum atomic E-state index is 0. The van der Waals surface area contributed by atoms with Gasteiger partial charge in [0.2, 0.25) is 0 Å². The van der Waals surface area contributed by atoms with Crippen LogP contribution in [0.1, 0.15) is 70.2 Å². The maximum atomic E-state index is 3.35. The fourth-order valence-electron chi connectivity index (χ4n) is 3.76. The maximum Gasteiger partial charge on any atom is -0.0408 e. The smallest absolute Gasteiger partial charge is 0.0408 e. The largest absolute Gasteiger partial charge is 1.00 e. The van der Waals surface area contributed by atoms with Crippen LogP contribution in [0.15, 0.2) is 48.1 Å². The Hall–Kier alpha value is -0.877. The summed E-state index contributed by atoms with van der Waals surface area (Å²) in [7, 11) is 0.